The molecule has 1 amide bonds. The second-order valence-corrected chi connectivity index (χ2v) is 10.2. The molecule has 0 unspecified atom stereocenters. The second kappa shape index (κ2) is 10.8. The van der Waals surface area contributed by atoms with Crippen molar-refractivity contribution in [2.45, 2.75) is 18.8 Å². The summed E-state index contributed by atoms with van der Waals surface area (Å²) in [6.07, 6.45) is 3.68. The summed E-state index contributed by atoms with van der Waals surface area (Å²) in [7, 11) is 2.15. The third-order valence-electron chi connectivity index (χ3n) is 6.49. The van der Waals surface area contributed by atoms with Crippen molar-refractivity contribution in [3.8, 4) is 0 Å². The average Bonchev–Trinajstić information content (AvgIpc) is 2.85. The highest BCUT2D eigenvalue weighted by Gasteiger charge is 2.27. The minimum atomic E-state index is -0.371. The van der Waals surface area contributed by atoms with Gasteiger partial charge >= 0.3 is 0 Å². The molecule has 8 nitrogen and oxygen atoms in total. The summed E-state index contributed by atoms with van der Waals surface area (Å²) in [5.41, 5.74) is 5.70. The average molecular weight is 547 g/mol. The monoisotopic (exact) mass is 545 g/mol. The molecule has 0 spiro atoms. The van der Waals surface area contributed by atoms with Crippen LogP contribution in [0.15, 0.2) is 42.6 Å². The number of carbonyl (C=O) groups excluding carboxylic acids is 1. The Morgan fingerprint density at radius 1 is 1.03 bits per heavy atom. The molecule has 0 aliphatic carbocycles. The molecule has 1 aromatic heterocycles. The van der Waals surface area contributed by atoms with Crippen LogP contribution in [0.3, 0.4) is 0 Å². The van der Waals surface area contributed by atoms with Crippen LogP contribution in [-0.2, 0) is 0 Å². The van der Waals surface area contributed by atoms with Gasteiger partial charge in [-0.3, -0.25) is 4.79 Å². The zero-order valence-corrected chi connectivity index (χ0v) is 22.0. The lowest BCUT2D eigenvalue weighted by atomic mass is 9.89. The number of nitrogens with one attached hydrogen (secondary N) is 3. The number of benzene rings is 2. The predicted octanol–water partition coefficient (Wildman–Crippen LogP) is 5.57. The lowest BCUT2D eigenvalue weighted by molar-refractivity contribution is 0.0973. The van der Waals surface area contributed by atoms with E-state index in [1.165, 1.54) is 16.8 Å². The fraction of sp³-hybridized carbons (Fsp3) is 0.320. The first kappa shape index (κ1) is 25.0. The Kier molecular flexibility index (Phi) is 7.50. The summed E-state index contributed by atoms with van der Waals surface area (Å²) in [5, 5.41) is 9.20. The quantitative estimate of drug-likeness (QED) is 0.395. The van der Waals surface area contributed by atoms with E-state index in [1.807, 2.05) is 12.1 Å². The molecule has 1 saturated heterocycles. The second-order valence-electron chi connectivity index (χ2n) is 8.94. The molecule has 36 heavy (non-hydrogen) atoms. The molecule has 188 valence electrons. The molecule has 2 aliphatic heterocycles. The van der Waals surface area contributed by atoms with Crippen molar-refractivity contribution in [1.29, 1.82) is 0 Å². The van der Waals surface area contributed by atoms with Gasteiger partial charge in [0.15, 0.2) is 0 Å². The zero-order chi connectivity index (χ0) is 25.2. The normalized spacial score (nSPS) is 17.2. The number of nitrogens with zero attached hydrogens (tertiary/aromatic N) is 4. The van der Waals surface area contributed by atoms with Gasteiger partial charge in [0.05, 0.1) is 15.7 Å². The number of hydrogen-bond acceptors (Lipinski definition) is 7. The molecule has 5 rings (SSSR count). The van der Waals surface area contributed by atoms with Crippen LogP contribution < -0.4 is 21.1 Å². The maximum absolute atomic E-state index is 13.4. The minimum Gasteiger partial charge on any atom is -0.368 e. The number of piperidine rings is 1. The van der Waals surface area contributed by atoms with E-state index in [0.29, 0.717) is 52.1 Å². The van der Waals surface area contributed by atoms with Crippen molar-refractivity contribution >= 4 is 63.9 Å². The fourth-order valence-electron chi connectivity index (χ4n) is 4.54. The molecule has 0 radical (unpaired) electrons. The summed E-state index contributed by atoms with van der Waals surface area (Å²) < 4.78 is 0. The van der Waals surface area contributed by atoms with Gasteiger partial charge < -0.3 is 15.5 Å². The van der Waals surface area contributed by atoms with Crippen molar-refractivity contribution in [3.05, 3.63) is 68.8 Å². The van der Waals surface area contributed by atoms with Crippen molar-refractivity contribution in [1.82, 2.24) is 20.3 Å². The molecule has 0 atom stereocenters. The molecule has 0 bridgehead atoms. The first-order valence-electron chi connectivity index (χ1n) is 11.8. The van der Waals surface area contributed by atoms with Gasteiger partial charge in [0.1, 0.15) is 11.4 Å². The zero-order valence-electron chi connectivity index (χ0n) is 19.7. The maximum Gasteiger partial charge on any atom is 0.278 e. The molecular weight excluding hydrogens is 521 g/mol. The van der Waals surface area contributed by atoms with Crippen LogP contribution in [-0.4, -0.2) is 54.0 Å². The van der Waals surface area contributed by atoms with Crippen LogP contribution in [0.25, 0.3) is 0 Å². The molecule has 2 aliphatic rings. The SMILES string of the molecule is CN1CCC(c2ccc(Nc3ncc4c(n3)NCCNN(c3c(Cl)cccc3Cl)C4=O)cc2Cl)CC1. The van der Waals surface area contributed by atoms with Crippen molar-refractivity contribution in [2.24, 2.45) is 0 Å². The molecular formula is C25H26Cl3N7O. The third kappa shape index (κ3) is 5.23. The first-order valence-corrected chi connectivity index (χ1v) is 12.9. The maximum atomic E-state index is 13.4. The minimum absolute atomic E-state index is 0.291. The summed E-state index contributed by atoms with van der Waals surface area (Å²) in [6.45, 7) is 3.12. The van der Waals surface area contributed by atoms with Crippen molar-refractivity contribution in [2.75, 3.05) is 48.9 Å². The number of aromatic nitrogens is 2. The van der Waals surface area contributed by atoms with Crippen LogP contribution in [0, 0.1) is 0 Å². The molecule has 3 heterocycles. The predicted molar refractivity (Wildman–Crippen MR) is 146 cm³/mol. The van der Waals surface area contributed by atoms with Crippen LogP contribution in [0.5, 0.6) is 0 Å². The smallest absolute Gasteiger partial charge is 0.278 e. The van der Waals surface area contributed by atoms with E-state index < -0.39 is 0 Å². The number of fused-ring (bicyclic) bond motifs is 1. The highest BCUT2D eigenvalue weighted by Crippen LogP contribution is 2.36. The van der Waals surface area contributed by atoms with Gasteiger partial charge in [0.2, 0.25) is 5.95 Å². The summed E-state index contributed by atoms with van der Waals surface area (Å²) in [4.78, 5) is 24.7. The molecule has 2 aromatic carbocycles. The van der Waals surface area contributed by atoms with Gasteiger partial charge in [-0.25, -0.2) is 15.4 Å². The molecule has 3 aromatic rings. The van der Waals surface area contributed by atoms with Crippen LogP contribution >= 0.6 is 34.8 Å². The van der Waals surface area contributed by atoms with E-state index in [-0.39, 0.29) is 5.91 Å². The summed E-state index contributed by atoms with van der Waals surface area (Å²) >= 11 is 19.4. The van der Waals surface area contributed by atoms with Crippen molar-refractivity contribution < 1.29 is 4.79 Å². The molecule has 11 heteroatoms. The van der Waals surface area contributed by atoms with E-state index in [1.54, 1.807) is 18.2 Å². The van der Waals surface area contributed by atoms with Gasteiger partial charge in [-0.15, -0.1) is 0 Å². The molecule has 1 fully saturated rings. The number of likely N-dealkylation sites (tertiary alicyclic amines) is 1. The lowest BCUT2D eigenvalue weighted by Crippen LogP contribution is -2.47. The lowest BCUT2D eigenvalue weighted by Gasteiger charge is -2.29. The Bertz CT molecular complexity index is 1260. The van der Waals surface area contributed by atoms with Gasteiger partial charge in [-0.2, -0.15) is 4.98 Å². The Morgan fingerprint density at radius 3 is 2.50 bits per heavy atom. The molecule has 0 saturated carbocycles. The number of hydrogen-bond donors (Lipinski definition) is 3. The number of halogens is 3. The number of rotatable bonds is 4. The van der Waals surface area contributed by atoms with Gasteiger partial charge in [0.25, 0.3) is 5.91 Å². The largest absolute Gasteiger partial charge is 0.368 e. The Labute approximate surface area is 224 Å². The topological polar surface area (TPSA) is 85.4 Å². The summed E-state index contributed by atoms with van der Waals surface area (Å²) in [6, 6.07) is 11.1. The van der Waals surface area contributed by atoms with E-state index in [2.05, 4.69) is 44.0 Å². The number of amides is 1. The van der Waals surface area contributed by atoms with Crippen molar-refractivity contribution in [3.63, 3.8) is 0 Å². The van der Waals surface area contributed by atoms with Crippen LogP contribution in [0.2, 0.25) is 15.1 Å². The number of carbonyl (C=O) groups is 1. The number of anilines is 4. The van der Waals surface area contributed by atoms with E-state index in [0.717, 1.165) is 36.6 Å². The standard InChI is InChI=1S/C25H26Cl3N7O/c1-34-11-7-15(8-12-34)17-6-5-16(13-21(17)28)32-25-30-14-18-23(33-25)29-9-10-31-35(24(18)36)22-19(26)3-2-4-20(22)27/h2-6,13-15,31H,7-12H2,1H3,(H2,29,30,32,33). The number of hydrazine groups is 1. The van der Waals surface area contributed by atoms with E-state index in [4.69, 9.17) is 34.8 Å². The van der Waals surface area contributed by atoms with Gasteiger partial charge in [-0.1, -0.05) is 46.9 Å². The Morgan fingerprint density at radius 2 is 1.78 bits per heavy atom. The van der Waals surface area contributed by atoms with Gasteiger partial charge in [-0.05, 0) is 68.7 Å². The Hall–Kier alpha value is -2.62. The molecule has 3 N–H and O–H groups in total. The fourth-order valence-corrected chi connectivity index (χ4v) is 5.44. The van der Waals surface area contributed by atoms with Crippen LogP contribution in [0.1, 0.15) is 34.7 Å². The summed E-state index contributed by atoms with van der Waals surface area (Å²) in [5.74, 6) is 0.868. The third-order valence-corrected chi connectivity index (χ3v) is 7.42. The first-order chi connectivity index (χ1) is 17.4. The van der Waals surface area contributed by atoms with E-state index >= 15 is 0 Å². The highest BCUT2D eigenvalue weighted by atomic mass is 35.5. The Balaban J connectivity index is 1.37. The van der Waals surface area contributed by atoms with Crippen LogP contribution in [0.4, 0.5) is 23.1 Å². The highest BCUT2D eigenvalue weighted by molar-refractivity contribution is 6.40. The van der Waals surface area contributed by atoms with Gasteiger partial charge in [0, 0.05) is 30.0 Å². The number of para-hydroxylation sites is 1. The van der Waals surface area contributed by atoms with E-state index in [9.17, 15) is 4.79 Å².